The lowest BCUT2D eigenvalue weighted by molar-refractivity contribution is -0.125. The van der Waals surface area contributed by atoms with E-state index in [0.29, 0.717) is 18.1 Å². The molecule has 0 bridgehead atoms. The van der Waals surface area contributed by atoms with Gasteiger partial charge in [-0.05, 0) is 58.2 Å². The van der Waals surface area contributed by atoms with Crippen LogP contribution in [0.1, 0.15) is 44.9 Å². The van der Waals surface area contributed by atoms with Gasteiger partial charge in [0.15, 0.2) is 0 Å². The average Bonchev–Trinajstić information content (AvgIpc) is 3.46. The molecule has 2 amide bonds. The molecule has 0 aromatic carbocycles. The van der Waals surface area contributed by atoms with E-state index in [9.17, 15) is 9.59 Å². The first-order chi connectivity index (χ1) is 13.7. The second-order valence-corrected chi connectivity index (χ2v) is 8.93. The van der Waals surface area contributed by atoms with Crippen molar-refractivity contribution < 1.29 is 9.59 Å². The summed E-state index contributed by atoms with van der Waals surface area (Å²) in [6, 6.07) is 0. The third kappa shape index (κ3) is 4.63. The molecule has 1 N–H and O–H groups in total. The molecule has 3 fully saturated rings. The van der Waals surface area contributed by atoms with Crippen molar-refractivity contribution in [3.8, 4) is 0 Å². The van der Waals surface area contributed by atoms with Gasteiger partial charge in [-0.15, -0.1) is 10.2 Å². The number of anilines is 2. The molecule has 4 heterocycles. The number of rotatable bonds is 7. The summed E-state index contributed by atoms with van der Waals surface area (Å²) >= 11 is 1.46. The lowest BCUT2D eigenvalue weighted by Crippen LogP contribution is -2.43. The first-order valence-electron chi connectivity index (χ1n) is 10.6. The molecule has 9 heteroatoms. The Morgan fingerprint density at radius 2 is 1.89 bits per heavy atom. The fourth-order valence-electron chi connectivity index (χ4n) is 4.32. The maximum absolute atomic E-state index is 12.6. The lowest BCUT2D eigenvalue weighted by Gasteiger charge is -2.31. The highest BCUT2D eigenvalue weighted by Crippen LogP contribution is 2.32. The molecule has 154 valence electrons. The van der Waals surface area contributed by atoms with Gasteiger partial charge in [0, 0.05) is 32.6 Å². The van der Waals surface area contributed by atoms with Gasteiger partial charge in [-0.2, -0.15) is 0 Å². The molecule has 0 spiro atoms. The molecule has 3 saturated heterocycles. The Morgan fingerprint density at radius 3 is 2.68 bits per heavy atom. The molecule has 28 heavy (non-hydrogen) atoms. The molecular weight excluding hydrogens is 376 g/mol. The number of likely N-dealkylation sites (tertiary alicyclic amines) is 1. The summed E-state index contributed by atoms with van der Waals surface area (Å²) < 4.78 is 0. The van der Waals surface area contributed by atoms with Crippen molar-refractivity contribution in [2.45, 2.75) is 44.9 Å². The van der Waals surface area contributed by atoms with Gasteiger partial charge < -0.3 is 15.1 Å². The number of amides is 2. The molecular formula is C19H30N6O2S. The molecule has 3 aliphatic rings. The van der Waals surface area contributed by atoms with E-state index in [-0.39, 0.29) is 17.7 Å². The molecule has 1 unspecified atom stereocenters. The molecule has 1 aromatic heterocycles. The Morgan fingerprint density at radius 1 is 1.07 bits per heavy atom. The van der Waals surface area contributed by atoms with E-state index in [1.165, 1.54) is 37.3 Å². The quantitative estimate of drug-likeness (QED) is 0.691. The minimum absolute atomic E-state index is 0.00121. The minimum atomic E-state index is 0.00121. The van der Waals surface area contributed by atoms with Crippen molar-refractivity contribution >= 4 is 33.4 Å². The number of aromatic nitrogens is 2. The van der Waals surface area contributed by atoms with E-state index in [0.717, 1.165) is 57.0 Å². The molecule has 4 rings (SSSR count). The normalized spacial score (nSPS) is 23.6. The number of carbonyl (C=O) groups is 2. The Hall–Kier alpha value is -1.74. The van der Waals surface area contributed by atoms with Gasteiger partial charge in [0.1, 0.15) is 0 Å². The number of hydrogen-bond acceptors (Lipinski definition) is 7. The van der Waals surface area contributed by atoms with Crippen molar-refractivity contribution in [2.75, 3.05) is 55.6 Å². The number of piperidine rings is 1. The van der Waals surface area contributed by atoms with E-state index < -0.39 is 0 Å². The van der Waals surface area contributed by atoms with Gasteiger partial charge >= 0.3 is 0 Å². The molecule has 1 atom stereocenters. The van der Waals surface area contributed by atoms with Crippen molar-refractivity contribution in [1.82, 2.24) is 20.4 Å². The number of nitrogens with zero attached hydrogens (tertiary/aromatic N) is 5. The summed E-state index contributed by atoms with van der Waals surface area (Å²) in [6.07, 6.45) is 7.02. The summed E-state index contributed by atoms with van der Waals surface area (Å²) in [7, 11) is 0. The predicted octanol–water partition coefficient (Wildman–Crippen LogP) is 1.48. The van der Waals surface area contributed by atoms with Gasteiger partial charge in [0.25, 0.3) is 0 Å². The highest BCUT2D eigenvalue weighted by Gasteiger charge is 2.30. The predicted molar refractivity (Wildman–Crippen MR) is 110 cm³/mol. The smallest absolute Gasteiger partial charge is 0.228 e. The minimum Gasteiger partial charge on any atom is -0.356 e. The molecule has 0 radical (unpaired) electrons. The fourth-order valence-corrected chi connectivity index (χ4v) is 5.25. The molecule has 8 nitrogen and oxygen atoms in total. The summed E-state index contributed by atoms with van der Waals surface area (Å²) in [5, 5.41) is 13.1. The van der Waals surface area contributed by atoms with Crippen LogP contribution in [0.2, 0.25) is 0 Å². The zero-order valence-electron chi connectivity index (χ0n) is 16.4. The van der Waals surface area contributed by atoms with Gasteiger partial charge in [-0.3, -0.25) is 14.5 Å². The van der Waals surface area contributed by atoms with Crippen LogP contribution in [0.3, 0.4) is 0 Å². The number of carbonyl (C=O) groups excluding carboxylic acids is 2. The van der Waals surface area contributed by atoms with Crippen LogP contribution in [0, 0.1) is 5.92 Å². The first kappa shape index (κ1) is 19.6. The van der Waals surface area contributed by atoms with Crippen molar-refractivity contribution in [3.63, 3.8) is 0 Å². The number of nitrogens with one attached hydrogen (secondary N) is 1. The Bertz CT molecular complexity index is 690. The highest BCUT2D eigenvalue weighted by atomic mass is 32.1. The largest absolute Gasteiger partial charge is 0.356 e. The average molecular weight is 407 g/mol. The van der Waals surface area contributed by atoms with Gasteiger partial charge in [0.05, 0.1) is 5.92 Å². The molecule has 3 aliphatic heterocycles. The van der Waals surface area contributed by atoms with Crippen LogP contribution < -0.4 is 15.1 Å². The van der Waals surface area contributed by atoms with Gasteiger partial charge in [-0.1, -0.05) is 11.3 Å². The SMILES string of the molecule is O=C(NCCCN1CCCC1)C1CCCN(c2nnc(N3CCCC3=O)s2)C1. The van der Waals surface area contributed by atoms with Crippen LogP contribution in [0.5, 0.6) is 0 Å². The Kier molecular flexibility index (Phi) is 6.41. The van der Waals surface area contributed by atoms with E-state index in [1.807, 2.05) is 0 Å². The van der Waals surface area contributed by atoms with Crippen LogP contribution in [-0.4, -0.2) is 72.7 Å². The van der Waals surface area contributed by atoms with Gasteiger partial charge in [-0.25, -0.2) is 0 Å². The lowest BCUT2D eigenvalue weighted by atomic mass is 9.97. The number of hydrogen-bond donors (Lipinski definition) is 1. The van der Waals surface area contributed by atoms with Crippen LogP contribution in [-0.2, 0) is 9.59 Å². The Labute approximate surface area is 170 Å². The summed E-state index contributed by atoms with van der Waals surface area (Å²) in [5.41, 5.74) is 0. The summed E-state index contributed by atoms with van der Waals surface area (Å²) in [5.74, 6) is 0.291. The van der Waals surface area contributed by atoms with Crippen LogP contribution in [0.15, 0.2) is 0 Å². The molecule has 0 aliphatic carbocycles. The maximum Gasteiger partial charge on any atom is 0.228 e. The zero-order chi connectivity index (χ0) is 19.3. The summed E-state index contributed by atoms with van der Waals surface area (Å²) in [4.78, 5) is 30.9. The monoisotopic (exact) mass is 406 g/mol. The molecule has 0 saturated carbocycles. The fraction of sp³-hybridized carbons (Fsp3) is 0.789. The van der Waals surface area contributed by atoms with Crippen molar-refractivity contribution in [1.29, 1.82) is 0 Å². The van der Waals surface area contributed by atoms with Crippen molar-refractivity contribution in [2.24, 2.45) is 5.92 Å². The van der Waals surface area contributed by atoms with Crippen LogP contribution in [0.4, 0.5) is 10.3 Å². The molecule has 1 aromatic rings. The highest BCUT2D eigenvalue weighted by molar-refractivity contribution is 7.19. The summed E-state index contributed by atoms with van der Waals surface area (Å²) in [6.45, 7) is 6.56. The third-order valence-electron chi connectivity index (χ3n) is 5.92. The van der Waals surface area contributed by atoms with Crippen molar-refractivity contribution in [3.05, 3.63) is 0 Å². The van der Waals surface area contributed by atoms with Gasteiger partial charge in [0.2, 0.25) is 22.1 Å². The third-order valence-corrected chi connectivity index (χ3v) is 6.93. The topological polar surface area (TPSA) is 81.7 Å². The van der Waals surface area contributed by atoms with E-state index >= 15 is 0 Å². The van der Waals surface area contributed by atoms with E-state index in [2.05, 4.69) is 25.3 Å². The standard InChI is InChI=1S/C19H30N6O2S/c26-16-7-4-13-25(16)19-22-21-18(28-19)24-12-3-6-15(14-24)17(27)20-8-5-11-23-9-1-2-10-23/h15H,1-14H2,(H,20,27). The van der Waals surface area contributed by atoms with Crippen LogP contribution >= 0.6 is 11.3 Å². The Balaban J connectivity index is 1.25. The van der Waals surface area contributed by atoms with E-state index in [1.54, 1.807) is 4.90 Å². The first-order valence-corrected chi connectivity index (χ1v) is 11.4. The van der Waals surface area contributed by atoms with E-state index in [4.69, 9.17) is 0 Å². The van der Waals surface area contributed by atoms with Crippen LogP contribution in [0.25, 0.3) is 0 Å². The second kappa shape index (κ2) is 9.17. The zero-order valence-corrected chi connectivity index (χ0v) is 17.3. The maximum atomic E-state index is 12.6. The second-order valence-electron chi connectivity index (χ2n) is 7.99.